The molecule has 8 rings (SSSR count). The van der Waals surface area contributed by atoms with Crippen LogP contribution >= 0.6 is 0 Å². The maximum Gasteiger partial charge on any atom is 0.166 e. The lowest BCUT2D eigenvalue weighted by molar-refractivity contribution is 0.110. The number of benzene rings is 6. The van der Waals surface area contributed by atoms with E-state index in [4.69, 9.17) is 9.47 Å². The third kappa shape index (κ3) is 6.74. The molecule has 2 heterocycles. The first-order chi connectivity index (χ1) is 25.7. The molecule has 0 radical (unpaired) electrons. The zero-order chi connectivity index (χ0) is 35.3. The molecule has 0 fully saturated rings. The van der Waals surface area contributed by atoms with E-state index in [9.17, 15) is 9.59 Å². The van der Waals surface area contributed by atoms with Crippen molar-refractivity contribution in [1.82, 2.24) is 9.13 Å². The van der Waals surface area contributed by atoms with Crippen LogP contribution in [0.1, 0.15) is 43.2 Å². The van der Waals surface area contributed by atoms with E-state index in [1.807, 2.05) is 45.8 Å². The Hall–Kier alpha value is -6.66. The second-order valence-electron chi connectivity index (χ2n) is 12.9. The van der Waals surface area contributed by atoms with E-state index in [2.05, 4.69) is 121 Å². The average Bonchev–Trinajstić information content (AvgIpc) is 3.85. The maximum absolute atomic E-state index is 11.4. The van der Waals surface area contributed by atoms with Crippen molar-refractivity contribution in [1.29, 1.82) is 0 Å². The number of fused-ring (bicyclic) bond motifs is 2. The minimum Gasteiger partial charge on any atom is -0.488 e. The largest absolute Gasteiger partial charge is 0.488 e. The molecule has 0 atom stereocenters. The lowest BCUT2D eigenvalue weighted by Gasteiger charge is -2.20. The Morgan fingerprint density at radius 2 is 0.827 bits per heavy atom. The summed E-state index contributed by atoms with van der Waals surface area (Å²) in [7, 11) is 0. The van der Waals surface area contributed by atoms with E-state index in [0.29, 0.717) is 37.7 Å². The minimum absolute atomic E-state index is 0.388. The molecule has 0 saturated heterocycles. The molecule has 254 valence electrons. The summed E-state index contributed by atoms with van der Waals surface area (Å²) in [5.41, 5.74) is 7.59. The fourth-order valence-electron chi connectivity index (χ4n) is 6.81. The standard InChI is InChI=1S/C46H36N2O4/c49-29-39-9-5-25-47(39)27-33-13-17-35(18-14-33)31-51-43-23-21-37-7-1-3-11-41(37)45(43)46-42-12-4-2-8-38(42)22-24-44(46)52-32-36-19-15-34(16-20-36)28-48-26-6-10-40(48)30-50/h1-26,29-30H,27-28,31-32H2. The molecule has 0 unspecified atom stereocenters. The molecule has 0 aliphatic heterocycles. The predicted octanol–water partition coefficient (Wildman–Crippen LogP) is 10.1. The van der Waals surface area contributed by atoms with Crippen LogP contribution in [0, 0.1) is 0 Å². The summed E-state index contributed by atoms with van der Waals surface area (Å²) < 4.78 is 17.2. The zero-order valence-corrected chi connectivity index (χ0v) is 28.5. The molecule has 0 amide bonds. The van der Waals surface area contributed by atoms with Crippen molar-refractivity contribution in [3.63, 3.8) is 0 Å². The van der Waals surface area contributed by atoms with Gasteiger partial charge in [0, 0.05) is 36.6 Å². The number of aldehydes is 2. The van der Waals surface area contributed by atoms with Crippen LogP contribution in [-0.2, 0) is 26.3 Å². The normalized spacial score (nSPS) is 11.2. The monoisotopic (exact) mass is 680 g/mol. The van der Waals surface area contributed by atoms with Gasteiger partial charge in [0.15, 0.2) is 12.6 Å². The van der Waals surface area contributed by atoms with Crippen LogP contribution in [0.25, 0.3) is 32.7 Å². The lowest BCUT2D eigenvalue weighted by Crippen LogP contribution is -2.03. The molecule has 2 aromatic heterocycles. The Labute approximate surface area is 302 Å². The highest BCUT2D eigenvalue weighted by Crippen LogP contribution is 2.46. The fourth-order valence-corrected chi connectivity index (χ4v) is 6.81. The van der Waals surface area contributed by atoms with Gasteiger partial charge in [-0.3, -0.25) is 9.59 Å². The van der Waals surface area contributed by atoms with E-state index in [0.717, 1.165) is 79.0 Å². The van der Waals surface area contributed by atoms with Crippen LogP contribution in [0.2, 0.25) is 0 Å². The summed E-state index contributed by atoms with van der Waals surface area (Å²) in [6.07, 6.45) is 5.60. The Kier molecular flexibility index (Phi) is 9.18. The molecule has 6 heteroatoms. The third-order valence-electron chi connectivity index (χ3n) is 9.54. The summed E-state index contributed by atoms with van der Waals surface area (Å²) in [5.74, 6) is 1.55. The topological polar surface area (TPSA) is 62.5 Å². The van der Waals surface area contributed by atoms with E-state index in [-0.39, 0.29) is 0 Å². The number of nitrogens with zero attached hydrogens (tertiary/aromatic N) is 2. The molecule has 0 bridgehead atoms. The van der Waals surface area contributed by atoms with Crippen LogP contribution in [0.5, 0.6) is 11.5 Å². The number of rotatable bonds is 13. The van der Waals surface area contributed by atoms with Gasteiger partial charge in [-0.1, -0.05) is 109 Å². The molecule has 0 N–H and O–H groups in total. The van der Waals surface area contributed by atoms with Gasteiger partial charge in [-0.25, -0.2) is 0 Å². The van der Waals surface area contributed by atoms with Crippen molar-refractivity contribution in [3.05, 3.63) is 192 Å². The van der Waals surface area contributed by atoms with Crippen molar-refractivity contribution in [2.45, 2.75) is 26.3 Å². The van der Waals surface area contributed by atoms with Crippen molar-refractivity contribution in [2.75, 3.05) is 0 Å². The summed E-state index contributed by atoms with van der Waals surface area (Å²) in [6, 6.07) is 49.2. The average molecular weight is 681 g/mol. The van der Waals surface area contributed by atoms with Gasteiger partial charge >= 0.3 is 0 Å². The smallest absolute Gasteiger partial charge is 0.166 e. The minimum atomic E-state index is 0.388. The van der Waals surface area contributed by atoms with E-state index < -0.39 is 0 Å². The summed E-state index contributed by atoms with van der Waals surface area (Å²) in [4.78, 5) is 22.8. The molecule has 6 aromatic carbocycles. The van der Waals surface area contributed by atoms with E-state index in [1.54, 1.807) is 0 Å². The maximum atomic E-state index is 11.4. The van der Waals surface area contributed by atoms with Crippen molar-refractivity contribution in [3.8, 4) is 22.6 Å². The first-order valence-corrected chi connectivity index (χ1v) is 17.3. The molecular weight excluding hydrogens is 645 g/mol. The highest BCUT2D eigenvalue weighted by Gasteiger charge is 2.19. The SMILES string of the molecule is O=Cc1cccn1Cc1ccc(COc2ccc3ccccc3c2-c2c(OCc3ccc(Cn4cccc4C=O)cc3)ccc3ccccc23)cc1. The van der Waals surface area contributed by atoms with Crippen LogP contribution in [0.4, 0.5) is 0 Å². The fraction of sp³-hybridized carbons (Fsp3) is 0.0870. The lowest BCUT2D eigenvalue weighted by atomic mass is 9.92. The second-order valence-corrected chi connectivity index (χ2v) is 12.9. The van der Waals surface area contributed by atoms with E-state index >= 15 is 0 Å². The van der Waals surface area contributed by atoms with Gasteiger partial charge in [-0.15, -0.1) is 0 Å². The number of hydrogen-bond acceptors (Lipinski definition) is 4. The highest BCUT2D eigenvalue weighted by molar-refractivity contribution is 6.09. The van der Waals surface area contributed by atoms with E-state index in [1.165, 1.54) is 0 Å². The summed E-state index contributed by atoms with van der Waals surface area (Å²) in [6.45, 7) is 2.03. The van der Waals surface area contributed by atoms with Gasteiger partial charge in [0.05, 0.1) is 11.4 Å². The van der Waals surface area contributed by atoms with Gasteiger partial charge in [-0.2, -0.15) is 0 Å². The van der Waals surface area contributed by atoms with Crippen LogP contribution in [0.3, 0.4) is 0 Å². The third-order valence-corrected chi connectivity index (χ3v) is 9.54. The number of aromatic nitrogens is 2. The summed E-state index contributed by atoms with van der Waals surface area (Å²) in [5, 5.41) is 4.39. The molecule has 0 spiro atoms. The van der Waals surface area contributed by atoms with Gasteiger partial charge in [0.25, 0.3) is 0 Å². The van der Waals surface area contributed by atoms with Crippen molar-refractivity contribution in [2.24, 2.45) is 0 Å². The first-order valence-electron chi connectivity index (χ1n) is 17.3. The molecule has 0 aliphatic carbocycles. The number of carbonyl (C=O) groups excluding carboxylic acids is 2. The summed E-state index contributed by atoms with van der Waals surface area (Å²) >= 11 is 0. The Morgan fingerprint density at radius 3 is 1.25 bits per heavy atom. The Morgan fingerprint density at radius 1 is 0.423 bits per heavy atom. The van der Waals surface area contributed by atoms with Crippen LogP contribution in [-0.4, -0.2) is 21.7 Å². The highest BCUT2D eigenvalue weighted by atomic mass is 16.5. The molecule has 0 aliphatic rings. The molecule has 52 heavy (non-hydrogen) atoms. The predicted molar refractivity (Wildman–Crippen MR) is 206 cm³/mol. The number of carbonyl (C=O) groups is 2. The molecule has 8 aromatic rings. The number of hydrogen-bond donors (Lipinski definition) is 0. The van der Waals surface area contributed by atoms with Gasteiger partial charge in [-0.05, 0) is 80.2 Å². The zero-order valence-electron chi connectivity index (χ0n) is 28.5. The van der Waals surface area contributed by atoms with Crippen molar-refractivity contribution < 1.29 is 19.1 Å². The second kappa shape index (κ2) is 14.7. The van der Waals surface area contributed by atoms with Crippen LogP contribution in [0.15, 0.2) is 158 Å². The quantitative estimate of drug-likeness (QED) is 0.114. The van der Waals surface area contributed by atoms with Crippen LogP contribution < -0.4 is 9.47 Å². The number of ether oxygens (including phenoxy) is 2. The molecule has 0 saturated carbocycles. The Bertz CT molecular complexity index is 2330. The Balaban J connectivity index is 1.10. The first kappa shape index (κ1) is 32.5. The van der Waals surface area contributed by atoms with Gasteiger partial charge in [0.2, 0.25) is 0 Å². The van der Waals surface area contributed by atoms with Gasteiger partial charge in [0.1, 0.15) is 24.7 Å². The molecular formula is C46H36N2O4. The van der Waals surface area contributed by atoms with Crippen molar-refractivity contribution >= 4 is 34.1 Å². The van der Waals surface area contributed by atoms with Gasteiger partial charge < -0.3 is 18.6 Å². The molecule has 6 nitrogen and oxygen atoms in total.